The normalized spacial score (nSPS) is 43.0. The fraction of sp³-hybridized carbons (Fsp3) is 0.929. The molecular formula is C14H22O3. The zero-order valence-corrected chi connectivity index (χ0v) is 11.0. The summed E-state index contributed by atoms with van der Waals surface area (Å²) in [5.74, 6) is -0.335. The van der Waals surface area contributed by atoms with Crippen LogP contribution in [0.25, 0.3) is 0 Å². The SMILES string of the molecule is CC12CCCC3(OCCO3)C(C(=O)C1)C2(C)C. The maximum absolute atomic E-state index is 12.4. The molecule has 3 aliphatic rings. The quantitative estimate of drug-likeness (QED) is 0.650. The number of ether oxygens (including phenoxy) is 2. The van der Waals surface area contributed by atoms with E-state index < -0.39 is 5.79 Å². The molecule has 2 bridgehead atoms. The number of carbonyl (C=O) groups is 1. The molecule has 2 unspecified atom stereocenters. The molecule has 0 radical (unpaired) electrons. The number of Topliss-reactive ketones (excluding diaryl/α,β-unsaturated/α-hetero) is 1. The molecule has 0 aromatic heterocycles. The first-order valence-electron chi connectivity index (χ1n) is 6.72. The van der Waals surface area contributed by atoms with Gasteiger partial charge in [-0.15, -0.1) is 0 Å². The number of rotatable bonds is 0. The lowest BCUT2D eigenvalue weighted by Crippen LogP contribution is -2.48. The standard InChI is InChI=1S/C14H22O3/c1-12(2)11-10(15)9-13(12,3)5-4-6-14(11)16-7-8-17-14/h11H,4-9H2,1-3H3. The van der Waals surface area contributed by atoms with Crippen LogP contribution in [0.15, 0.2) is 0 Å². The Labute approximate surface area is 103 Å². The topological polar surface area (TPSA) is 35.5 Å². The van der Waals surface area contributed by atoms with Crippen molar-refractivity contribution in [3.8, 4) is 0 Å². The number of hydrogen-bond acceptors (Lipinski definition) is 3. The van der Waals surface area contributed by atoms with E-state index in [1.54, 1.807) is 0 Å². The second kappa shape index (κ2) is 3.33. The van der Waals surface area contributed by atoms with Crippen molar-refractivity contribution in [3.05, 3.63) is 0 Å². The molecule has 2 aliphatic carbocycles. The summed E-state index contributed by atoms with van der Waals surface area (Å²) in [5.41, 5.74) is 0.0957. The third kappa shape index (κ3) is 1.33. The second-order valence-corrected chi connectivity index (χ2v) is 6.72. The number of hydrogen-bond donors (Lipinski definition) is 0. The van der Waals surface area contributed by atoms with Crippen LogP contribution in [0.3, 0.4) is 0 Å². The van der Waals surface area contributed by atoms with Crippen molar-refractivity contribution in [3.63, 3.8) is 0 Å². The van der Waals surface area contributed by atoms with Crippen LogP contribution in [0.2, 0.25) is 0 Å². The highest BCUT2D eigenvalue weighted by Gasteiger charge is 2.66. The van der Waals surface area contributed by atoms with Crippen molar-refractivity contribution in [1.82, 2.24) is 0 Å². The lowest BCUT2D eigenvalue weighted by molar-refractivity contribution is -0.214. The van der Waals surface area contributed by atoms with Gasteiger partial charge in [-0.25, -0.2) is 0 Å². The summed E-state index contributed by atoms with van der Waals surface area (Å²) >= 11 is 0. The minimum Gasteiger partial charge on any atom is -0.347 e. The van der Waals surface area contributed by atoms with Crippen LogP contribution in [0.5, 0.6) is 0 Å². The van der Waals surface area contributed by atoms with Gasteiger partial charge >= 0.3 is 0 Å². The van der Waals surface area contributed by atoms with E-state index in [-0.39, 0.29) is 16.7 Å². The van der Waals surface area contributed by atoms with Gasteiger partial charge in [-0.05, 0) is 23.7 Å². The Morgan fingerprint density at radius 3 is 2.41 bits per heavy atom. The number of ketones is 1. The van der Waals surface area contributed by atoms with Gasteiger partial charge in [0.05, 0.1) is 19.1 Å². The van der Waals surface area contributed by atoms with Crippen LogP contribution in [0.4, 0.5) is 0 Å². The van der Waals surface area contributed by atoms with Gasteiger partial charge in [0.25, 0.3) is 0 Å². The van der Waals surface area contributed by atoms with Crippen LogP contribution in [0.1, 0.15) is 46.5 Å². The number of fused-ring (bicyclic) bond motifs is 3. The van der Waals surface area contributed by atoms with E-state index in [2.05, 4.69) is 20.8 Å². The van der Waals surface area contributed by atoms with Crippen molar-refractivity contribution in [1.29, 1.82) is 0 Å². The highest BCUT2D eigenvalue weighted by Crippen LogP contribution is 2.63. The monoisotopic (exact) mass is 238 g/mol. The van der Waals surface area contributed by atoms with Crippen molar-refractivity contribution < 1.29 is 14.3 Å². The van der Waals surface area contributed by atoms with E-state index in [1.807, 2.05) is 0 Å². The van der Waals surface area contributed by atoms with Crippen molar-refractivity contribution >= 4 is 5.78 Å². The molecule has 0 aromatic carbocycles. The lowest BCUT2D eigenvalue weighted by Gasteiger charge is -2.43. The zero-order valence-electron chi connectivity index (χ0n) is 11.0. The molecule has 17 heavy (non-hydrogen) atoms. The molecule has 1 spiro atoms. The average Bonchev–Trinajstić information content (AvgIpc) is 2.68. The van der Waals surface area contributed by atoms with Crippen molar-refractivity contribution in [2.45, 2.75) is 52.2 Å². The number of carbonyl (C=O) groups excluding carboxylic acids is 1. The van der Waals surface area contributed by atoms with E-state index in [9.17, 15) is 4.79 Å². The molecule has 0 N–H and O–H groups in total. The Kier molecular flexibility index (Phi) is 2.28. The average molecular weight is 238 g/mol. The van der Waals surface area contributed by atoms with Crippen LogP contribution < -0.4 is 0 Å². The smallest absolute Gasteiger partial charge is 0.178 e. The van der Waals surface area contributed by atoms with Gasteiger partial charge in [0.1, 0.15) is 5.78 Å². The zero-order chi connectivity index (χ0) is 12.3. The summed E-state index contributed by atoms with van der Waals surface area (Å²) in [7, 11) is 0. The van der Waals surface area contributed by atoms with E-state index in [0.29, 0.717) is 25.4 Å². The molecule has 1 heterocycles. The third-order valence-electron chi connectivity index (χ3n) is 5.63. The minimum atomic E-state index is -0.602. The molecule has 3 heteroatoms. The van der Waals surface area contributed by atoms with Crippen molar-refractivity contribution in [2.75, 3.05) is 13.2 Å². The van der Waals surface area contributed by atoms with Gasteiger partial charge in [0.15, 0.2) is 5.79 Å². The third-order valence-corrected chi connectivity index (χ3v) is 5.63. The fourth-order valence-electron chi connectivity index (χ4n) is 4.32. The first-order valence-corrected chi connectivity index (χ1v) is 6.72. The molecule has 3 rings (SSSR count). The fourth-order valence-corrected chi connectivity index (χ4v) is 4.32. The Bertz CT molecular complexity index is 354. The Balaban J connectivity index is 2.09. The van der Waals surface area contributed by atoms with Gasteiger partial charge < -0.3 is 9.47 Å². The molecule has 3 nitrogen and oxygen atoms in total. The van der Waals surface area contributed by atoms with E-state index in [4.69, 9.17) is 9.47 Å². The second-order valence-electron chi connectivity index (χ2n) is 6.72. The summed E-state index contributed by atoms with van der Waals surface area (Å²) in [6.45, 7) is 7.98. The van der Waals surface area contributed by atoms with Crippen LogP contribution in [-0.4, -0.2) is 24.8 Å². The van der Waals surface area contributed by atoms with Crippen LogP contribution in [0, 0.1) is 16.7 Å². The highest BCUT2D eigenvalue weighted by molar-refractivity contribution is 5.86. The summed E-state index contributed by atoms with van der Waals surface area (Å²) in [5, 5.41) is 0. The largest absolute Gasteiger partial charge is 0.347 e. The maximum atomic E-state index is 12.4. The summed E-state index contributed by atoms with van der Waals surface area (Å²) in [4.78, 5) is 12.4. The summed E-state index contributed by atoms with van der Waals surface area (Å²) < 4.78 is 11.8. The lowest BCUT2D eigenvalue weighted by atomic mass is 9.64. The summed E-state index contributed by atoms with van der Waals surface area (Å²) in [6.07, 6.45) is 3.78. The van der Waals surface area contributed by atoms with Crippen LogP contribution >= 0.6 is 0 Å². The summed E-state index contributed by atoms with van der Waals surface area (Å²) in [6, 6.07) is 0. The van der Waals surface area contributed by atoms with Crippen LogP contribution in [-0.2, 0) is 14.3 Å². The first-order chi connectivity index (χ1) is 7.91. The minimum absolute atomic E-state index is 0.0229. The molecule has 1 aliphatic heterocycles. The molecule has 96 valence electrons. The Morgan fingerprint density at radius 2 is 1.76 bits per heavy atom. The molecule has 2 atom stereocenters. The van der Waals surface area contributed by atoms with Gasteiger partial charge in [-0.3, -0.25) is 4.79 Å². The molecule has 2 saturated carbocycles. The molecule has 0 amide bonds. The van der Waals surface area contributed by atoms with Gasteiger partial charge in [-0.2, -0.15) is 0 Å². The van der Waals surface area contributed by atoms with Gasteiger partial charge in [0, 0.05) is 12.8 Å². The molecule has 0 aromatic rings. The van der Waals surface area contributed by atoms with Gasteiger partial charge in [-0.1, -0.05) is 20.8 Å². The molecule has 3 fully saturated rings. The molecular weight excluding hydrogens is 216 g/mol. The Hall–Kier alpha value is -0.410. The van der Waals surface area contributed by atoms with Crippen molar-refractivity contribution in [2.24, 2.45) is 16.7 Å². The predicted molar refractivity (Wildman–Crippen MR) is 63.5 cm³/mol. The molecule has 1 saturated heterocycles. The van der Waals surface area contributed by atoms with E-state index in [1.165, 1.54) is 0 Å². The first kappa shape index (κ1) is 11.7. The van der Waals surface area contributed by atoms with E-state index >= 15 is 0 Å². The highest BCUT2D eigenvalue weighted by atomic mass is 16.7. The van der Waals surface area contributed by atoms with E-state index in [0.717, 1.165) is 19.3 Å². The maximum Gasteiger partial charge on any atom is 0.178 e. The predicted octanol–water partition coefficient (Wildman–Crippen LogP) is 2.53. The Morgan fingerprint density at radius 1 is 1.12 bits per heavy atom. The van der Waals surface area contributed by atoms with Gasteiger partial charge in [0.2, 0.25) is 0 Å².